The van der Waals surface area contributed by atoms with Crippen LogP contribution in [-0.4, -0.2) is 17.7 Å². The summed E-state index contributed by atoms with van der Waals surface area (Å²) < 4.78 is 5.68. The molecule has 0 radical (unpaired) electrons. The highest BCUT2D eigenvalue weighted by molar-refractivity contribution is 6.06. The van der Waals surface area contributed by atoms with Gasteiger partial charge < -0.3 is 10.5 Å². The van der Waals surface area contributed by atoms with E-state index < -0.39 is 6.09 Å². The summed E-state index contributed by atoms with van der Waals surface area (Å²) in [5.74, 6) is 0.0246. The predicted octanol–water partition coefficient (Wildman–Crippen LogP) is 5.49. The van der Waals surface area contributed by atoms with Gasteiger partial charge in [0, 0.05) is 34.8 Å². The summed E-state index contributed by atoms with van der Waals surface area (Å²) in [5, 5.41) is 4.55. The monoisotopic (exact) mass is 395 g/mol. The molecule has 30 heavy (non-hydrogen) atoms. The number of aromatic nitrogens is 1. The van der Waals surface area contributed by atoms with E-state index in [4.69, 9.17) is 10.5 Å². The summed E-state index contributed by atoms with van der Waals surface area (Å²) in [6, 6.07) is 20.2. The quantitative estimate of drug-likeness (QED) is 0.450. The molecule has 1 amide bonds. The first-order valence-electron chi connectivity index (χ1n) is 9.88. The van der Waals surface area contributed by atoms with Crippen molar-refractivity contribution in [3.05, 3.63) is 89.7 Å². The number of nitrogens with zero attached hydrogens (tertiary/aromatic N) is 1. The number of nitrogen functional groups attached to an aromatic ring is 1. The van der Waals surface area contributed by atoms with Crippen LogP contribution < -0.4 is 11.1 Å². The van der Waals surface area contributed by atoms with Gasteiger partial charge in [0.2, 0.25) is 0 Å². The number of carbonyl (C=O) groups excluding carboxylic acids is 1. The van der Waals surface area contributed by atoms with Gasteiger partial charge in [-0.1, -0.05) is 48.5 Å². The number of pyridine rings is 1. The number of hydrogen-bond acceptors (Lipinski definition) is 4. The summed E-state index contributed by atoms with van der Waals surface area (Å²) in [7, 11) is 0. The molecule has 1 heterocycles. The average Bonchev–Trinajstić information content (AvgIpc) is 3.09. The van der Waals surface area contributed by atoms with Crippen molar-refractivity contribution in [3.8, 4) is 11.1 Å². The molecule has 148 valence electrons. The molecule has 4 aromatic rings. The first-order valence-corrected chi connectivity index (χ1v) is 9.88. The number of hydrogen-bond donors (Lipinski definition) is 2. The Labute approximate surface area is 174 Å². The minimum Gasteiger partial charge on any atom is -0.448 e. The molecule has 0 atom stereocenters. The van der Waals surface area contributed by atoms with E-state index in [9.17, 15) is 4.79 Å². The Hall–Kier alpha value is -3.86. The third-order valence-corrected chi connectivity index (χ3v) is 5.74. The minimum atomic E-state index is -0.483. The minimum absolute atomic E-state index is 0.0246. The normalized spacial score (nSPS) is 12.4. The van der Waals surface area contributed by atoms with E-state index in [0.29, 0.717) is 11.4 Å². The molecular weight excluding hydrogens is 374 g/mol. The summed E-state index contributed by atoms with van der Waals surface area (Å²) in [6.07, 6.45) is 2.90. The SMILES string of the molecule is Cc1cc(N)c2cnccc2c1NC(=O)OCC1c2ccccc2-c2ccccc21. The fourth-order valence-corrected chi connectivity index (χ4v) is 4.34. The molecular formula is C25H21N3O2. The van der Waals surface area contributed by atoms with E-state index in [1.165, 1.54) is 22.3 Å². The Morgan fingerprint density at radius 3 is 2.40 bits per heavy atom. The fraction of sp³-hybridized carbons (Fsp3) is 0.120. The van der Waals surface area contributed by atoms with E-state index >= 15 is 0 Å². The number of rotatable bonds is 3. The molecule has 0 aliphatic heterocycles. The summed E-state index contributed by atoms with van der Waals surface area (Å²) in [6.45, 7) is 2.18. The molecule has 3 aromatic carbocycles. The van der Waals surface area contributed by atoms with Gasteiger partial charge in [-0.15, -0.1) is 0 Å². The molecule has 5 nitrogen and oxygen atoms in total. The Morgan fingerprint density at radius 2 is 1.70 bits per heavy atom. The summed E-state index contributed by atoms with van der Waals surface area (Å²) >= 11 is 0. The highest BCUT2D eigenvalue weighted by Gasteiger charge is 2.29. The maximum absolute atomic E-state index is 12.7. The predicted molar refractivity (Wildman–Crippen MR) is 120 cm³/mol. The maximum atomic E-state index is 12.7. The Morgan fingerprint density at radius 1 is 1.03 bits per heavy atom. The van der Waals surface area contributed by atoms with E-state index in [2.05, 4.69) is 34.6 Å². The Kier molecular flexibility index (Phi) is 4.36. The van der Waals surface area contributed by atoms with Crippen molar-refractivity contribution in [1.82, 2.24) is 4.98 Å². The second-order valence-corrected chi connectivity index (χ2v) is 7.53. The molecule has 0 fully saturated rings. The second-order valence-electron chi connectivity index (χ2n) is 7.53. The molecule has 0 spiro atoms. The van der Waals surface area contributed by atoms with Crippen molar-refractivity contribution in [1.29, 1.82) is 0 Å². The van der Waals surface area contributed by atoms with Gasteiger partial charge >= 0.3 is 6.09 Å². The van der Waals surface area contributed by atoms with Crippen molar-refractivity contribution in [3.63, 3.8) is 0 Å². The standard InChI is InChI=1S/C25H21N3O2/c1-15-12-23(26)21-13-27-11-10-20(21)24(15)28-25(29)30-14-22-18-8-4-2-6-16(18)17-7-3-5-9-19(17)22/h2-13,22H,14,26H2,1H3,(H,28,29). The zero-order valence-corrected chi connectivity index (χ0v) is 16.6. The molecule has 0 saturated heterocycles. The lowest BCUT2D eigenvalue weighted by Crippen LogP contribution is -2.18. The molecule has 1 aliphatic carbocycles. The summed E-state index contributed by atoms with van der Waals surface area (Å²) in [4.78, 5) is 16.8. The topological polar surface area (TPSA) is 77.2 Å². The van der Waals surface area contributed by atoms with Crippen LogP contribution in [0.2, 0.25) is 0 Å². The van der Waals surface area contributed by atoms with Crippen LogP contribution in [0.5, 0.6) is 0 Å². The van der Waals surface area contributed by atoms with Crippen molar-refractivity contribution >= 4 is 28.2 Å². The maximum Gasteiger partial charge on any atom is 0.411 e. The van der Waals surface area contributed by atoms with Gasteiger partial charge in [0.25, 0.3) is 0 Å². The first kappa shape index (κ1) is 18.2. The van der Waals surface area contributed by atoms with E-state index in [0.717, 1.165) is 16.3 Å². The number of nitrogens with one attached hydrogen (secondary N) is 1. The van der Waals surface area contributed by atoms with Gasteiger partial charge in [-0.25, -0.2) is 4.79 Å². The lowest BCUT2D eigenvalue weighted by molar-refractivity contribution is 0.158. The van der Waals surface area contributed by atoms with Crippen molar-refractivity contribution in [2.75, 3.05) is 17.7 Å². The van der Waals surface area contributed by atoms with Gasteiger partial charge in [-0.05, 0) is 46.9 Å². The highest BCUT2D eigenvalue weighted by atomic mass is 16.5. The van der Waals surface area contributed by atoms with Crippen LogP contribution in [0.4, 0.5) is 16.2 Å². The Balaban J connectivity index is 1.39. The lowest BCUT2D eigenvalue weighted by atomic mass is 9.98. The zero-order valence-electron chi connectivity index (χ0n) is 16.6. The largest absolute Gasteiger partial charge is 0.448 e. The van der Waals surface area contributed by atoms with Gasteiger partial charge in [0.15, 0.2) is 0 Å². The van der Waals surface area contributed by atoms with Crippen molar-refractivity contribution in [2.45, 2.75) is 12.8 Å². The molecule has 0 saturated carbocycles. The molecule has 5 rings (SSSR count). The number of carbonyl (C=O) groups is 1. The van der Waals surface area contributed by atoms with E-state index in [-0.39, 0.29) is 12.5 Å². The van der Waals surface area contributed by atoms with Crippen LogP contribution in [0.15, 0.2) is 73.1 Å². The van der Waals surface area contributed by atoms with Crippen LogP contribution in [0.1, 0.15) is 22.6 Å². The van der Waals surface area contributed by atoms with Crippen molar-refractivity contribution in [2.24, 2.45) is 0 Å². The number of fused-ring (bicyclic) bond motifs is 4. The second kappa shape index (κ2) is 7.19. The van der Waals surface area contributed by atoms with Gasteiger partial charge in [0.05, 0.1) is 5.69 Å². The lowest BCUT2D eigenvalue weighted by Gasteiger charge is -2.16. The average molecular weight is 395 g/mol. The van der Waals surface area contributed by atoms with Gasteiger partial charge in [0.1, 0.15) is 6.61 Å². The third-order valence-electron chi connectivity index (χ3n) is 5.74. The number of ether oxygens (including phenoxy) is 1. The molecule has 5 heteroatoms. The molecule has 1 aliphatic rings. The van der Waals surface area contributed by atoms with Gasteiger partial charge in [-0.3, -0.25) is 10.3 Å². The summed E-state index contributed by atoms with van der Waals surface area (Å²) in [5.41, 5.74) is 13.1. The molecule has 0 bridgehead atoms. The van der Waals surface area contributed by atoms with E-state index in [1.54, 1.807) is 12.4 Å². The van der Waals surface area contributed by atoms with Crippen molar-refractivity contribution < 1.29 is 9.53 Å². The highest BCUT2D eigenvalue weighted by Crippen LogP contribution is 2.44. The van der Waals surface area contributed by atoms with Crippen LogP contribution in [0.25, 0.3) is 21.9 Å². The smallest absolute Gasteiger partial charge is 0.411 e. The van der Waals surface area contributed by atoms with Crippen LogP contribution in [0, 0.1) is 6.92 Å². The van der Waals surface area contributed by atoms with Crippen LogP contribution in [-0.2, 0) is 4.74 Å². The Bertz CT molecular complexity index is 1240. The third kappa shape index (κ3) is 2.95. The van der Waals surface area contributed by atoms with Crippen LogP contribution in [0.3, 0.4) is 0 Å². The number of benzene rings is 3. The number of aryl methyl sites for hydroxylation is 1. The zero-order chi connectivity index (χ0) is 20.7. The molecule has 0 unspecified atom stereocenters. The van der Waals surface area contributed by atoms with E-state index in [1.807, 2.05) is 43.3 Å². The van der Waals surface area contributed by atoms with Crippen LogP contribution >= 0.6 is 0 Å². The molecule has 1 aromatic heterocycles. The number of nitrogens with two attached hydrogens (primary N) is 1. The first-order chi connectivity index (χ1) is 14.6. The fourth-order valence-electron chi connectivity index (χ4n) is 4.34. The van der Waals surface area contributed by atoms with Gasteiger partial charge in [-0.2, -0.15) is 0 Å². The number of amides is 1. The molecule has 3 N–H and O–H groups in total. The number of anilines is 2.